The third kappa shape index (κ3) is 2.64. The normalized spacial score (nSPS) is 50.4. The van der Waals surface area contributed by atoms with Crippen molar-refractivity contribution >= 4 is 10.5 Å². The van der Waals surface area contributed by atoms with Crippen molar-refractivity contribution in [2.24, 2.45) is 40.4 Å². The molecule has 0 N–H and O–H groups in total. The van der Waals surface area contributed by atoms with E-state index in [1.165, 1.54) is 51.4 Å². The van der Waals surface area contributed by atoms with E-state index in [0.717, 1.165) is 36.0 Å². The van der Waals surface area contributed by atoms with Crippen LogP contribution in [0.1, 0.15) is 85.5 Å². The summed E-state index contributed by atoms with van der Waals surface area (Å²) in [5.74, 6) is 4.73. The quantitative estimate of drug-likeness (QED) is 0.439. The zero-order valence-corrected chi connectivity index (χ0v) is 17.8. The lowest BCUT2D eigenvalue weighted by molar-refractivity contribution is -0.0552. The number of rotatable bonds is 3. The van der Waals surface area contributed by atoms with Crippen molar-refractivity contribution in [3.63, 3.8) is 0 Å². The summed E-state index contributed by atoms with van der Waals surface area (Å²) in [6.45, 7) is 10.2. The Morgan fingerprint density at radius 1 is 1.16 bits per heavy atom. The summed E-state index contributed by atoms with van der Waals surface area (Å²) in [5, 5.41) is 0. The smallest absolute Gasteiger partial charge is 0.246 e. The van der Waals surface area contributed by atoms with Gasteiger partial charge >= 0.3 is 0 Å². The van der Waals surface area contributed by atoms with E-state index < -0.39 is 0 Å². The minimum absolute atomic E-state index is 0.391. The molecule has 1 nitrogen and oxygen atoms in total. The molecule has 0 saturated heterocycles. The van der Waals surface area contributed by atoms with Crippen LogP contribution in [0.25, 0.3) is 0 Å². The van der Waals surface area contributed by atoms with Crippen molar-refractivity contribution in [2.45, 2.75) is 91.6 Å². The van der Waals surface area contributed by atoms with Gasteiger partial charge in [-0.2, -0.15) is 0 Å². The van der Waals surface area contributed by atoms with E-state index in [2.05, 4.69) is 44.3 Å². The minimum Gasteiger partial charge on any atom is -0.415 e. The molecule has 0 amide bonds. The topological polar surface area (TPSA) is 9.23 Å². The first-order valence-corrected chi connectivity index (χ1v) is 11.4. The fraction of sp³-hybridized carbons (Fsp3) is 0.913. The van der Waals surface area contributed by atoms with E-state index in [4.69, 9.17) is 4.43 Å². The predicted octanol–water partition coefficient (Wildman–Crippen LogP) is 6.08. The fourth-order valence-corrected chi connectivity index (χ4v) is 8.19. The molecule has 3 fully saturated rings. The van der Waals surface area contributed by atoms with Crippen molar-refractivity contribution in [3.05, 3.63) is 11.6 Å². The summed E-state index contributed by atoms with van der Waals surface area (Å²) < 4.78 is 5.52. The van der Waals surface area contributed by atoms with Crippen LogP contribution in [0.2, 0.25) is 0 Å². The lowest BCUT2D eigenvalue weighted by atomic mass is 9.47. The highest BCUT2D eigenvalue weighted by atomic mass is 28.2. The molecule has 8 atom stereocenters. The molecule has 0 unspecified atom stereocenters. The van der Waals surface area contributed by atoms with Crippen molar-refractivity contribution in [3.8, 4) is 0 Å². The van der Waals surface area contributed by atoms with Gasteiger partial charge < -0.3 is 4.43 Å². The molecular weight excluding hydrogens is 320 g/mol. The largest absolute Gasteiger partial charge is 0.415 e. The van der Waals surface area contributed by atoms with Gasteiger partial charge in [-0.05, 0) is 91.8 Å². The number of fused-ring (bicyclic) bond motifs is 5. The summed E-state index contributed by atoms with van der Waals surface area (Å²) in [7, 11) is 3.31. The average molecular weight is 358 g/mol. The predicted molar refractivity (Wildman–Crippen MR) is 105 cm³/mol. The van der Waals surface area contributed by atoms with E-state index >= 15 is 0 Å². The molecule has 0 heterocycles. The first-order chi connectivity index (χ1) is 11.9. The Kier molecular flexibility index (Phi) is 4.76. The van der Waals surface area contributed by atoms with Gasteiger partial charge in [-0.1, -0.05) is 45.8 Å². The number of hydrogen-bond donors (Lipinski definition) is 0. The highest BCUT2D eigenvalue weighted by Crippen LogP contribution is 2.67. The van der Waals surface area contributed by atoms with Gasteiger partial charge in [-0.15, -0.1) is 0 Å². The maximum absolute atomic E-state index is 5.52. The second kappa shape index (κ2) is 6.51. The van der Waals surface area contributed by atoms with E-state index in [1.807, 2.05) is 0 Å². The highest BCUT2D eigenvalue weighted by Gasteiger charge is 2.58. The van der Waals surface area contributed by atoms with Gasteiger partial charge in [0.05, 0.1) is 0 Å². The summed E-state index contributed by atoms with van der Waals surface area (Å²) in [4.78, 5) is 0. The second-order valence-electron chi connectivity index (χ2n) is 10.4. The Bertz CT molecular complexity index is 542. The van der Waals surface area contributed by atoms with Crippen LogP contribution in [0, 0.1) is 40.4 Å². The van der Waals surface area contributed by atoms with E-state index in [-0.39, 0.29) is 0 Å². The van der Waals surface area contributed by atoms with Gasteiger partial charge in [0.2, 0.25) is 10.5 Å². The van der Waals surface area contributed by atoms with Gasteiger partial charge in [0.15, 0.2) is 0 Å². The van der Waals surface area contributed by atoms with Crippen LogP contribution in [-0.4, -0.2) is 16.6 Å². The van der Waals surface area contributed by atoms with Gasteiger partial charge in [-0.3, -0.25) is 0 Å². The van der Waals surface area contributed by atoms with Crippen LogP contribution in [0.4, 0.5) is 0 Å². The molecule has 25 heavy (non-hydrogen) atoms. The van der Waals surface area contributed by atoms with Gasteiger partial charge in [0, 0.05) is 6.10 Å². The molecular formula is C23H37OSi. The minimum atomic E-state index is 0.391. The first kappa shape index (κ1) is 18.3. The zero-order valence-electron chi connectivity index (χ0n) is 16.8. The van der Waals surface area contributed by atoms with Crippen LogP contribution >= 0.6 is 0 Å². The fourth-order valence-electron chi connectivity index (χ4n) is 7.99. The van der Waals surface area contributed by atoms with Crippen LogP contribution < -0.4 is 0 Å². The van der Waals surface area contributed by atoms with E-state index in [9.17, 15) is 0 Å². The standard InChI is InChI=1S/C23H37OSi/c1-5-15(2)19-8-9-20-18-7-6-16-14-17(24-25)10-12-22(16,3)21(18)11-13-23(19,20)4/h6,15,17-21H,5,7-14H2,1-4H3/t15-,17-,18-,19+,20-,21-,22-,23+/m0/s1. The molecule has 4 aliphatic rings. The highest BCUT2D eigenvalue weighted by molar-refractivity contribution is 5.98. The maximum Gasteiger partial charge on any atom is 0.246 e. The molecule has 4 rings (SSSR count). The molecule has 0 aromatic heterocycles. The van der Waals surface area contributed by atoms with E-state index in [1.54, 1.807) is 5.57 Å². The third-order valence-electron chi connectivity index (χ3n) is 9.63. The summed E-state index contributed by atoms with van der Waals surface area (Å²) in [6.07, 6.45) is 15.4. The Hall–Kier alpha value is -0.0831. The molecule has 3 radical (unpaired) electrons. The zero-order chi connectivity index (χ0) is 17.8. The maximum atomic E-state index is 5.52. The summed E-state index contributed by atoms with van der Waals surface area (Å²) >= 11 is 0. The van der Waals surface area contributed by atoms with Crippen molar-refractivity contribution in [1.29, 1.82) is 0 Å². The molecule has 0 aromatic carbocycles. The molecule has 0 bridgehead atoms. The van der Waals surface area contributed by atoms with Crippen molar-refractivity contribution in [2.75, 3.05) is 0 Å². The monoisotopic (exact) mass is 357 g/mol. The average Bonchev–Trinajstić information content (AvgIpc) is 2.97. The van der Waals surface area contributed by atoms with Gasteiger partial charge in [0.25, 0.3) is 0 Å². The number of hydrogen-bond acceptors (Lipinski definition) is 1. The Morgan fingerprint density at radius 2 is 1.96 bits per heavy atom. The number of allylic oxidation sites excluding steroid dienone is 1. The molecule has 4 aliphatic carbocycles. The molecule has 0 aromatic rings. The van der Waals surface area contributed by atoms with Crippen LogP contribution in [0.3, 0.4) is 0 Å². The Labute approximate surface area is 158 Å². The second-order valence-corrected chi connectivity index (χ2v) is 10.6. The summed E-state index contributed by atoms with van der Waals surface area (Å²) in [5.41, 5.74) is 2.80. The SMILES string of the molecule is CC[C@H](C)[C@H]1CC[C@H]2[C@@H]3CC=C4C[C@@H](O[Si])CC[C@]4(C)[C@H]3CC[C@]12C. The lowest BCUT2D eigenvalue weighted by Gasteiger charge is -2.58. The first-order valence-electron chi connectivity index (χ1n) is 11.0. The van der Waals surface area contributed by atoms with Crippen LogP contribution in [-0.2, 0) is 4.43 Å². The van der Waals surface area contributed by atoms with Crippen molar-refractivity contribution in [1.82, 2.24) is 0 Å². The Balaban J connectivity index is 1.61. The molecule has 0 aliphatic heterocycles. The van der Waals surface area contributed by atoms with Crippen LogP contribution in [0.15, 0.2) is 11.6 Å². The van der Waals surface area contributed by atoms with E-state index in [0.29, 0.717) is 16.9 Å². The molecule has 2 heteroatoms. The molecule has 139 valence electrons. The van der Waals surface area contributed by atoms with Crippen LogP contribution in [0.5, 0.6) is 0 Å². The van der Waals surface area contributed by atoms with Gasteiger partial charge in [0.1, 0.15) is 0 Å². The lowest BCUT2D eigenvalue weighted by Crippen LogP contribution is -2.50. The molecule has 0 spiro atoms. The summed E-state index contributed by atoms with van der Waals surface area (Å²) in [6, 6.07) is 0. The Morgan fingerprint density at radius 3 is 2.68 bits per heavy atom. The van der Waals surface area contributed by atoms with Gasteiger partial charge in [-0.25, -0.2) is 0 Å². The van der Waals surface area contributed by atoms with Crippen molar-refractivity contribution < 1.29 is 4.43 Å². The third-order valence-corrected chi connectivity index (χ3v) is 9.96. The molecule has 3 saturated carbocycles.